The lowest BCUT2D eigenvalue weighted by Crippen LogP contribution is -2.53. The molecule has 0 aliphatic heterocycles. The zero-order valence-electron chi connectivity index (χ0n) is 22.3. The van der Waals surface area contributed by atoms with Crippen LogP contribution in [0.25, 0.3) is 0 Å². The molecule has 3 rings (SSSR count). The van der Waals surface area contributed by atoms with Gasteiger partial charge in [-0.1, -0.05) is 55.5 Å². The normalized spacial score (nSPS) is 11.9. The Morgan fingerprint density at radius 1 is 0.974 bits per heavy atom. The molecule has 208 valence electrons. The van der Waals surface area contributed by atoms with Crippen molar-refractivity contribution in [1.29, 1.82) is 0 Å². The number of sulfonamides is 1. The number of nitrogens with one attached hydrogen (secondary N) is 1. The molecule has 3 aromatic carbocycles. The third-order valence-corrected chi connectivity index (χ3v) is 7.22. The number of hydrogen-bond acceptors (Lipinski definition) is 5. The maximum absolute atomic E-state index is 14.0. The van der Waals surface area contributed by atoms with Crippen LogP contribution in [-0.2, 0) is 32.6 Å². The van der Waals surface area contributed by atoms with Crippen molar-refractivity contribution in [1.82, 2.24) is 10.2 Å². The Labute approximate surface area is 229 Å². The summed E-state index contributed by atoms with van der Waals surface area (Å²) in [5, 5.41) is 2.88. The van der Waals surface area contributed by atoms with Gasteiger partial charge in [0, 0.05) is 19.5 Å². The first-order valence-corrected chi connectivity index (χ1v) is 14.4. The minimum atomic E-state index is -3.97. The summed E-state index contributed by atoms with van der Waals surface area (Å²) in [5.41, 5.74) is 1.55. The number of carbonyl (C=O) groups excluding carboxylic acids is 2. The Morgan fingerprint density at radius 3 is 2.31 bits per heavy atom. The topological polar surface area (TPSA) is 96.0 Å². The molecule has 10 heteroatoms. The van der Waals surface area contributed by atoms with E-state index in [1.807, 2.05) is 37.3 Å². The van der Waals surface area contributed by atoms with Crippen molar-refractivity contribution >= 4 is 27.5 Å². The van der Waals surface area contributed by atoms with Crippen LogP contribution in [0.3, 0.4) is 0 Å². The molecule has 0 unspecified atom stereocenters. The van der Waals surface area contributed by atoms with Gasteiger partial charge in [0.05, 0.1) is 19.1 Å². The number of benzene rings is 3. The fraction of sp³-hybridized carbons (Fsp3) is 0.310. The summed E-state index contributed by atoms with van der Waals surface area (Å²) < 4.78 is 45.6. The summed E-state index contributed by atoms with van der Waals surface area (Å²) in [6.07, 6.45) is 1.87. The molecule has 0 aliphatic carbocycles. The standard InChI is InChI=1S/C29H34FN3O5S/c1-4-16-31-29(35)27(18-22-10-6-5-7-11-22)32(20-23-12-8-15-26(17-23)38-2)28(34)21-33(39(3,36)37)25-14-9-13-24(30)19-25/h5-15,17,19,27H,4,16,18,20-21H2,1-3H3,(H,31,35)/t27-/m1/s1. The maximum Gasteiger partial charge on any atom is 0.244 e. The second-order valence-corrected chi connectivity index (χ2v) is 11.0. The molecule has 0 saturated heterocycles. The average molecular weight is 556 g/mol. The molecule has 0 fully saturated rings. The lowest BCUT2D eigenvalue weighted by Gasteiger charge is -2.33. The zero-order chi connectivity index (χ0) is 28.4. The molecule has 1 N–H and O–H groups in total. The second kappa shape index (κ2) is 13.7. The Morgan fingerprint density at radius 2 is 1.67 bits per heavy atom. The summed E-state index contributed by atoms with van der Waals surface area (Å²) in [5.74, 6) is -1.02. The number of anilines is 1. The van der Waals surface area contributed by atoms with Gasteiger partial charge in [-0.3, -0.25) is 13.9 Å². The van der Waals surface area contributed by atoms with Crippen LogP contribution in [0.15, 0.2) is 78.9 Å². The van der Waals surface area contributed by atoms with Crippen molar-refractivity contribution in [2.75, 3.05) is 30.8 Å². The van der Waals surface area contributed by atoms with Crippen LogP contribution < -0.4 is 14.4 Å². The number of halogens is 1. The van der Waals surface area contributed by atoms with Gasteiger partial charge >= 0.3 is 0 Å². The van der Waals surface area contributed by atoms with E-state index in [0.717, 1.165) is 22.2 Å². The lowest BCUT2D eigenvalue weighted by atomic mass is 10.0. The van der Waals surface area contributed by atoms with Gasteiger partial charge in [-0.25, -0.2) is 12.8 Å². The highest BCUT2D eigenvalue weighted by Gasteiger charge is 2.33. The van der Waals surface area contributed by atoms with E-state index in [1.54, 1.807) is 24.3 Å². The molecule has 39 heavy (non-hydrogen) atoms. The van der Waals surface area contributed by atoms with E-state index in [0.29, 0.717) is 24.3 Å². The van der Waals surface area contributed by atoms with Gasteiger partial charge in [-0.2, -0.15) is 0 Å². The minimum absolute atomic E-state index is 0.0159. The third-order valence-electron chi connectivity index (χ3n) is 6.08. The maximum atomic E-state index is 14.0. The van der Waals surface area contributed by atoms with Gasteiger partial charge < -0.3 is 15.0 Å². The summed E-state index contributed by atoms with van der Waals surface area (Å²) in [6.45, 7) is 1.76. The van der Waals surface area contributed by atoms with E-state index in [1.165, 1.54) is 30.2 Å². The predicted octanol–water partition coefficient (Wildman–Crippen LogP) is 3.77. The van der Waals surface area contributed by atoms with Gasteiger partial charge in [0.15, 0.2) is 0 Å². The van der Waals surface area contributed by atoms with Crippen LogP contribution in [0, 0.1) is 5.82 Å². The van der Waals surface area contributed by atoms with Gasteiger partial charge in [0.25, 0.3) is 0 Å². The third kappa shape index (κ3) is 8.54. The van der Waals surface area contributed by atoms with E-state index in [9.17, 15) is 22.4 Å². The number of nitrogens with zero attached hydrogens (tertiary/aromatic N) is 2. The van der Waals surface area contributed by atoms with Crippen LogP contribution in [-0.4, -0.2) is 57.6 Å². The molecule has 0 aromatic heterocycles. The van der Waals surface area contributed by atoms with Crippen LogP contribution >= 0.6 is 0 Å². The second-order valence-electron chi connectivity index (χ2n) is 9.12. The molecule has 8 nitrogen and oxygen atoms in total. The van der Waals surface area contributed by atoms with E-state index in [2.05, 4.69) is 5.32 Å². The van der Waals surface area contributed by atoms with Crippen molar-refractivity contribution in [3.05, 3.63) is 95.8 Å². The first-order chi connectivity index (χ1) is 18.6. The first-order valence-electron chi connectivity index (χ1n) is 12.6. The Kier molecular flexibility index (Phi) is 10.4. The van der Waals surface area contributed by atoms with Crippen LogP contribution in [0.1, 0.15) is 24.5 Å². The number of hydrogen-bond donors (Lipinski definition) is 1. The summed E-state index contributed by atoms with van der Waals surface area (Å²) in [6, 6.07) is 20.5. The summed E-state index contributed by atoms with van der Waals surface area (Å²) in [7, 11) is -2.44. The molecule has 0 radical (unpaired) electrons. The highest BCUT2D eigenvalue weighted by atomic mass is 32.2. The molecule has 1 atom stereocenters. The van der Waals surface area contributed by atoms with Crippen LogP contribution in [0.5, 0.6) is 5.75 Å². The number of rotatable bonds is 13. The molecular formula is C29H34FN3O5S. The number of amides is 2. The predicted molar refractivity (Wildman–Crippen MR) is 149 cm³/mol. The minimum Gasteiger partial charge on any atom is -0.497 e. The lowest BCUT2D eigenvalue weighted by molar-refractivity contribution is -0.140. The van der Waals surface area contributed by atoms with Crippen molar-refractivity contribution in [2.45, 2.75) is 32.4 Å². The summed E-state index contributed by atoms with van der Waals surface area (Å²) in [4.78, 5) is 28.8. The van der Waals surface area contributed by atoms with Crippen molar-refractivity contribution in [2.24, 2.45) is 0 Å². The van der Waals surface area contributed by atoms with E-state index >= 15 is 0 Å². The van der Waals surface area contributed by atoms with Crippen molar-refractivity contribution < 1.29 is 27.1 Å². The molecule has 0 saturated carbocycles. The highest BCUT2D eigenvalue weighted by molar-refractivity contribution is 7.92. The van der Waals surface area contributed by atoms with E-state index in [4.69, 9.17) is 4.74 Å². The molecule has 3 aromatic rings. The highest BCUT2D eigenvalue weighted by Crippen LogP contribution is 2.22. The van der Waals surface area contributed by atoms with Gasteiger partial charge in [0.2, 0.25) is 21.8 Å². The number of ether oxygens (including phenoxy) is 1. The van der Waals surface area contributed by atoms with Gasteiger partial charge in [-0.15, -0.1) is 0 Å². The monoisotopic (exact) mass is 555 g/mol. The van der Waals surface area contributed by atoms with Crippen LogP contribution in [0.4, 0.5) is 10.1 Å². The molecule has 0 aliphatic rings. The molecule has 0 bridgehead atoms. The molecule has 0 spiro atoms. The fourth-order valence-corrected chi connectivity index (χ4v) is 4.97. The molecular weight excluding hydrogens is 521 g/mol. The Hall–Kier alpha value is -3.92. The smallest absolute Gasteiger partial charge is 0.244 e. The fourth-order valence-electron chi connectivity index (χ4n) is 4.13. The molecule has 0 heterocycles. The van der Waals surface area contributed by atoms with Gasteiger partial charge in [0.1, 0.15) is 24.2 Å². The SMILES string of the molecule is CCCNC(=O)[C@@H](Cc1ccccc1)N(Cc1cccc(OC)c1)C(=O)CN(c1cccc(F)c1)S(C)(=O)=O. The van der Waals surface area contributed by atoms with E-state index in [-0.39, 0.29) is 24.6 Å². The summed E-state index contributed by atoms with van der Waals surface area (Å²) >= 11 is 0. The number of carbonyl (C=O) groups is 2. The zero-order valence-corrected chi connectivity index (χ0v) is 23.2. The number of methoxy groups -OCH3 is 1. The quantitative estimate of drug-likeness (QED) is 0.347. The Bertz CT molecular complexity index is 1370. The van der Waals surface area contributed by atoms with Crippen molar-refractivity contribution in [3.63, 3.8) is 0 Å². The van der Waals surface area contributed by atoms with Crippen LogP contribution in [0.2, 0.25) is 0 Å². The largest absolute Gasteiger partial charge is 0.497 e. The van der Waals surface area contributed by atoms with E-state index < -0.39 is 34.3 Å². The van der Waals surface area contributed by atoms with Gasteiger partial charge in [-0.05, 0) is 47.9 Å². The Balaban J connectivity index is 2.05. The molecule has 2 amide bonds. The average Bonchev–Trinajstić information content (AvgIpc) is 2.92. The first kappa shape index (κ1) is 29.6. The van der Waals surface area contributed by atoms with Crippen molar-refractivity contribution in [3.8, 4) is 5.75 Å².